The predicted molar refractivity (Wildman–Crippen MR) is 113 cm³/mol. The smallest absolute Gasteiger partial charge is 0.249 e. The van der Waals surface area contributed by atoms with Gasteiger partial charge in [-0.1, -0.05) is 31.2 Å². The molecule has 2 aliphatic rings. The molecule has 0 bridgehead atoms. The first-order chi connectivity index (χ1) is 12.2. The van der Waals surface area contributed by atoms with Gasteiger partial charge in [-0.15, -0.1) is 24.8 Å². The van der Waals surface area contributed by atoms with Crippen molar-refractivity contribution in [2.24, 2.45) is 11.7 Å². The summed E-state index contributed by atoms with van der Waals surface area (Å²) in [6.07, 6.45) is 3.88. The molecule has 0 aliphatic carbocycles. The fourth-order valence-corrected chi connectivity index (χ4v) is 3.71. The molecule has 0 unspecified atom stereocenters. The summed E-state index contributed by atoms with van der Waals surface area (Å²) in [6, 6.07) is 8.41. The number of halogens is 2. The fraction of sp³-hybridized carbons (Fsp3) is 0.650. The Morgan fingerprint density at radius 3 is 2.44 bits per heavy atom. The topological polar surface area (TPSA) is 67.6 Å². The number of nitrogens with two attached hydrogens (primary N) is 1. The standard InChI is InChI=1S/C20H31N3O2.2ClH/c1-15-8-10-23(11-9-15)14-17-5-3-2-4-16(17)13-22-20(24)19-7-6-18(12-21)25-19;;/h2-5,15,18-19H,6-14,21H2,1H3,(H,22,24);2*1H/t18-,19+;;/m1../s1. The molecule has 1 amide bonds. The van der Waals surface area contributed by atoms with Crippen molar-refractivity contribution in [1.29, 1.82) is 0 Å². The second-order valence-electron chi connectivity index (χ2n) is 7.50. The van der Waals surface area contributed by atoms with Crippen molar-refractivity contribution in [2.45, 2.75) is 57.9 Å². The van der Waals surface area contributed by atoms with Crippen molar-refractivity contribution in [3.8, 4) is 0 Å². The van der Waals surface area contributed by atoms with E-state index in [1.165, 1.54) is 24.0 Å². The lowest BCUT2D eigenvalue weighted by Gasteiger charge is -2.30. The number of piperidine rings is 1. The van der Waals surface area contributed by atoms with Gasteiger partial charge in [0.25, 0.3) is 0 Å². The van der Waals surface area contributed by atoms with E-state index < -0.39 is 0 Å². The van der Waals surface area contributed by atoms with Crippen LogP contribution in [-0.2, 0) is 22.6 Å². The molecule has 2 heterocycles. The van der Waals surface area contributed by atoms with E-state index in [-0.39, 0.29) is 42.9 Å². The molecule has 2 fully saturated rings. The van der Waals surface area contributed by atoms with Crippen LogP contribution >= 0.6 is 24.8 Å². The van der Waals surface area contributed by atoms with Crippen LogP contribution in [0.15, 0.2) is 24.3 Å². The van der Waals surface area contributed by atoms with Crippen molar-refractivity contribution >= 4 is 30.7 Å². The molecule has 0 radical (unpaired) electrons. The molecule has 1 aromatic rings. The third-order valence-corrected chi connectivity index (χ3v) is 5.50. The highest BCUT2D eigenvalue weighted by molar-refractivity contribution is 5.85. The average Bonchev–Trinajstić information content (AvgIpc) is 3.12. The zero-order valence-electron chi connectivity index (χ0n) is 16.1. The number of nitrogens with one attached hydrogen (secondary N) is 1. The van der Waals surface area contributed by atoms with Gasteiger partial charge < -0.3 is 15.8 Å². The zero-order valence-corrected chi connectivity index (χ0v) is 17.7. The Kier molecular flexibility index (Phi) is 10.6. The maximum atomic E-state index is 12.3. The summed E-state index contributed by atoms with van der Waals surface area (Å²) in [6.45, 7) is 6.68. The molecule has 3 rings (SSSR count). The molecule has 0 spiro atoms. The van der Waals surface area contributed by atoms with Crippen LogP contribution in [0.5, 0.6) is 0 Å². The Morgan fingerprint density at radius 1 is 1.15 bits per heavy atom. The van der Waals surface area contributed by atoms with Crippen LogP contribution in [0.3, 0.4) is 0 Å². The summed E-state index contributed by atoms with van der Waals surface area (Å²) in [7, 11) is 0. The van der Waals surface area contributed by atoms with Crippen molar-refractivity contribution in [3.05, 3.63) is 35.4 Å². The van der Waals surface area contributed by atoms with Gasteiger partial charge in [-0.25, -0.2) is 0 Å². The quantitative estimate of drug-likeness (QED) is 0.746. The zero-order chi connectivity index (χ0) is 17.6. The maximum absolute atomic E-state index is 12.3. The molecule has 1 aromatic carbocycles. The summed E-state index contributed by atoms with van der Waals surface area (Å²) in [5.74, 6) is 0.826. The maximum Gasteiger partial charge on any atom is 0.249 e. The molecule has 7 heteroatoms. The summed E-state index contributed by atoms with van der Waals surface area (Å²) < 4.78 is 5.68. The van der Waals surface area contributed by atoms with Crippen molar-refractivity contribution < 1.29 is 9.53 Å². The molecule has 5 nitrogen and oxygen atoms in total. The van der Waals surface area contributed by atoms with E-state index >= 15 is 0 Å². The lowest BCUT2D eigenvalue weighted by molar-refractivity contribution is -0.132. The molecular formula is C20H33Cl2N3O2. The molecule has 2 atom stereocenters. The summed E-state index contributed by atoms with van der Waals surface area (Å²) in [5.41, 5.74) is 8.12. The van der Waals surface area contributed by atoms with Crippen molar-refractivity contribution in [1.82, 2.24) is 10.2 Å². The number of nitrogens with zero attached hydrogens (tertiary/aromatic N) is 1. The predicted octanol–water partition coefficient (Wildman–Crippen LogP) is 2.88. The van der Waals surface area contributed by atoms with Crippen molar-refractivity contribution in [2.75, 3.05) is 19.6 Å². The van der Waals surface area contributed by atoms with Crippen LogP contribution in [0.2, 0.25) is 0 Å². The molecule has 27 heavy (non-hydrogen) atoms. The number of rotatable bonds is 6. The van der Waals surface area contributed by atoms with Crippen molar-refractivity contribution in [3.63, 3.8) is 0 Å². The first kappa shape index (κ1) is 24.2. The van der Waals surface area contributed by atoms with Crippen LogP contribution in [0, 0.1) is 5.92 Å². The number of hydrogen-bond acceptors (Lipinski definition) is 4. The van der Waals surface area contributed by atoms with E-state index in [0.29, 0.717) is 13.1 Å². The van der Waals surface area contributed by atoms with Crippen LogP contribution in [0.25, 0.3) is 0 Å². The number of benzene rings is 1. The number of carbonyl (C=O) groups excluding carboxylic acids is 1. The molecule has 3 N–H and O–H groups in total. The summed E-state index contributed by atoms with van der Waals surface area (Å²) in [4.78, 5) is 14.9. The molecular weight excluding hydrogens is 385 g/mol. The van der Waals surface area contributed by atoms with Gasteiger partial charge in [0.1, 0.15) is 6.10 Å². The second kappa shape index (κ2) is 11.9. The molecule has 2 aliphatic heterocycles. The van der Waals surface area contributed by atoms with Gasteiger partial charge in [-0.05, 0) is 55.8 Å². The first-order valence-corrected chi connectivity index (χ1v) is 9.58. The van der Waals surface area contributed by atoms with Gasteiger partial charge in [-0.2, -0.15) is 0 Å². The molecule has 154 valence electrons. The van der Waals surface area contributed by atoms with Crippen LogP contribution in [0.4, 0.5) is 0 Å². The summed E-state index contributed by atoms with van der Waals surface area (Å²) in [5, 5.41) is 3.05. The number of likely N-dealkylation sites (tertiary alicyclic amines) is 1. The lowest BCUT2D eigenvalue weighted by atomic mass is 9.98. The van der Waals surface area contributed by atoms with Crippen LogP contribution in [0.1, 0.15) is 43.7 Å². The number of carbonyl (C=O) groups is 1. The molecule has 0 saturated carbocycles. The van der Waals surface area contributed by atoms with Gasteiger partial charge in [0.15, 0.2) is 0 Å². The summed E-state index contributed by atoms with van der Waals surface area (Å²) >= 11 is 0. The van der Waals surface area contributed by atoms with Crippen LogP contribution in [-0.4, -0.2) is 42.6 Å². The van der Waals surface area contributed by atoms with Crippen LogP contribution < -0.4 is 11.1 Å². The monoisotopic (exact) mass is 417 g/mol. The minimum atomic E-state index is -0.343. The molecule has 2 saturated heterocycles. The largest absolute Gasteiger partial charge is 0.364 e. The Bertz CT molecular complexity index is 580. The Labute approximate surface area is 175 Å². The van der Waals surface area contributed by atoms with E-state index in [1.807, 2.05) is 6.07 Å². The highest BCUT2D eigenvalue weighted by Crippen LogP contribution is 2.21. The number of hydrogen-bond donors (Lipinski definition) is 2. The third kappa shape index (κ3) is 6.91. The van der Waals surface area contributed by atoms with Gasteiger partial charge in [0.2, 0.25) is 5.91 Å². The fourth-order valence-electron chi connectivity index (χ4n) is 3.71. The van der Waals surface area contributed by atoms with E-state index in [2.05, 4.69) is 35.3 Å². The SMILES string of the molecule is CC1CCN(Cc2ccccc2CNC(=O)[C@@H]2CC[C@H](CN)O2)CC1.Cl.Cl. The first-order valence-electron chi connectivity index (χ1n) is 9.58. The minimum absolute atomic E-state index is 0. The number of amides is 1. The average molecular weight is 418 g/mol. The van der Waals surface area contributed by atoms with Gasteiger partial charge in [0, 0.05) is 19.6 Å². The normalized spacial score (nSPS) is 23.3. The Hall–Kier alpha value is -0.850. The van der Waals surface area contributed by atoms with E-state index in [0.717, 1.165) is 38.4 Å². The van der Waals surface area contributed by atoms with E-state index in [4.69, 9.17) is 10.5 Å². The number of ether oxygens (including phenoxy) is 1. The highest BCUT2D eigenvalue weighted by atomic mass is 35.5. The van der Waals surface area contributed by atoms with Gasteiger partial charge in [0.05, 0.1) is 6.10 Å². The Morgan fingerprint density at radius 2 is 1.81 bits per heavy atom. The highest BCUT2D eigenvalue weighted by Gasteiger charge is 2.29. The molecule has 0 aromatic heterocycles. The second-order valence-corrected chi connectivity index (χ2v) is 7.50. The lowest BCUT2D eigenvalue weighted by Crippen LogP contribution is -2.36. The minimum Gasteiger partial charge on any atom is -0.364 e. The van der Waals surface area contributed by atoms with Gasteiger partial charge >= 0.3 is 0 Å². The third-order valence-electron chi connectivity index (χ3n) is 5.50. The Balaban J connectivity index is 0.00000182. The van der Waals surface area contributed by atoms with Gasteiger partial charge in [-0.3, -0.25) is 9.69 Å². The van der Waals surface area contributed by atoms with E-state index in [9.17, 15) is 4.79 Å². The van der Waals surface area contributed by atoms with E-state index in [1.54, 1.807) is 0 Å².